The fraction of sp³-hybridized carbons (Fsp3) is 0.500. The van der Waals surface area contributed by atoms with Crippen LogP contribution in [-0.4, -0.2) is 119 Å². The largest absolute Gasteiger partial charge is 0.456 e. The highest BCUT2D eigenvalue weighted by Crippen LogP contribution is 2.65. The molecule has 3 fully saturated rings. The first kappa shape index (κ1) is 48.6. The second-order valence-corrected chi connectivity index (χ2v) is 18.3. The Kier molecular flexibility index (Phi) is 14.3. The van der Waals surface area contributed by atoms with Gasteiger partial charge in [0.05, 0.1) is 50.1 Å². The van der Waals surface area contributed by atoms with Crippen molar-refractivity contribution in [1.29, 1.82) is 0 Å². The molecular formula is C50H59NO15. The number of aliphatic hydroxyl groups is 3. The summed E-state index contributed by atoms with van der Waals surface area (Å²) >= 11 is 0. The summed E-state index contributed by atoms with van der Waals surface area (Å²) in [6, 6.07) is 24.5. The van der Waals surface area contributed by atoms with Gasteiger partial charge in [-0.2, -0.15) is 0 Å². The van der Waals surface area contributed by atoms with Crippen molar-refractivity contribution in [3.8, 4) is 0 Å². The predicted octanol–water partition coefficient (Wildman–Crippen LogP) is 4.09. The Hall–Kier alpha value is -5.33. The third-order valence-electron chi connectivity index (χ3n) is 14.1. The lowest BCUT2D eigenvalue weighted by Gasteiger charge is -2.68. The Labute approximate surface area is 383 Å². The molecule has 1 aliphatic heterocycles. The number of ether oxygens (including phenoxy) is 7. The van der Waals surface area contributed by atoms with Gasteiger partial charge in [-0.3, -0.25) is 19.2 Å². The summed E-state index contributed by atoms with van der Waals surface area (Å²) in [6.45, 7) is 7.92. The van der Waals surface area contributed by atoms with E-state index in [1.54, 1.807) is 88.4 Å². The molecule has 4 aliphatic rings. The normalized spacial score (nSPS) is 30.8. The third kappa shape index (κ3) is 8.83. The second-order valence-electron chi connectivity index (χ2n) is 18.3. The van der Waals surface area contributed by atoms with E-state index >= 15 is 4.79 Å². The molecule has 4 N–H and O–H groups in total. The van der Waals surface area contributed by atoms with E-state index in [2.05, 4.69) is 5.32 Å². The van der Waals surface area contributed by atoms with Crippen LogP contribution < -0.4 is 5.32 Å². The lowest BCUT2D eigenvalue weighted by atomic mass is 9.44. The van der Waals surface area contributed by atoms with Crippen molar-refractivity contribution in [2.75, 3.05) is 26.6 Å². The molecule has 1 heterocycles. The fourth-order valence-corrected chi connectivity index (χ4v) is 10.7. The number of aliphatic hydroxyl groups excluding tert-OH is 2. The monoisotopic (exact) mass is 913 g/mol. The molecule has 2 bridgehead atoms. The molecule has 16 nitrogen and oxygen atoms in total. The Morgan fingerprint density at radius 3 is 2.11 bits per heavy atom. The van der Waals surface area contributed by atoms with Crippen LogP contribution in [0.2, 0.25) is 0 Å². The number of carbonyl (C=O) groups is 5. The molecule has 2 unspecified atom stereocenters. The zero-order valence-corrected chi connectivity index (χ0v) is 38.0. The van der Waals surface area contributed by atoms with Gasteiger partial charge in [0.1, 0.15) is 24.6 Å². The van der Waals surface area contributed by atoms with Gasteiger partial charge >= 0.3 is 17.9 Å². The molecule has 3 aromatic rings. The Balaban J connectivity index is 1.39. The number of rotatable bonds is 16. The number of hydrogen-bond donors (Lipinski definition) is 4. The van der Waals surface area contributed by atoms with Gasteiger partial charge in [-0.15, -0.1) is 0 Å². The summed E-state index contributed by atoms with van der Waals surface area (Å²) in [6.07, 6.45) is -8.89. The van der Waals surface area contributed by atoms with E-state index < -0.39 is 100 Å². The lowest BCUT2D eigenvalue weighted by Crippen LogP contribution is -2.82. The van der Waals surface area contributed by atoms with Gasteiger partial charge in [0.25, 0.3) is 5.91 Å². The second kappa shape index (κ2) is 19.5. The molecule has 354 valence electrons. The van der Waals surface area contributed by atoms with Gasteiger partial charge < -0.3 is 53.8 Å². The van der Waals surface area contributed by atoms with E-state index in [4.69, 9.17) is 33.2 Å². The summed E-state index contributed by atoms with van der Waals surface area (Å²) in [5.74, 6) is -5.23. The average Bonchev–Trinajstić information content (AvgIpc) is 3.29. The first-order valence-corrected chi connectivity index (χ1v) is 22.1. The quantitative estimate of drug-likeness (QED) is 0.0523. The van der Waals surface area contributed by atoms with Crippen LogP contribution in [0.3, 0.4) is 0 Å². The summed E-state index contributed by atoms with van der Waals surface area (Å²) < 4.78 is 43.5. The first-order chi connectivity index (χ1) is 31.4. The molecule has 7 rings (SSSR count). The maximum Gasteiger partial charge on any atom is 0.338 e. The minimum atomic E-state index is -2.17. The smallest absolute Gasteiger partial charge is 0.338 e. The molecule has 3 aliphatic carbocycles. The molecule has 3 aromatic carbocycles. The standard InChI is InChI=1S/C50H59NO15/c1-29-35(65-46(58)40(55)39(33-18-12-8-13-19-33)51-45(57)34-20-14-9-15-21-34)25-50(59)44(61-26-32-16-10-7-11-17-32)42-48(6,43(56)41(64-30(2)53)38(29)47(50,4)5)36(63-28-60-23-22-52)24-37-49(42,27-62-37)66-31(3)54/h7-21,35-37,39-42,44,52,55,59H,22-28H2,1-6H3,(H,51,57)/t35?,36-,37+,39-,40+,41+,42?,44-,48+,49-,50+/m0/s1. The van der Waals surface area contributed by atoms with Gasteiger partial charge in [0.2, 0.25) is 0 Å². The number of benzene rings is 3. The first-order valence-electron chi connectivity index (χ1n) is 22.1. The Morgan fingerprint density at radius 2 is 1.52 bits per heavy atom. The minimum absolute atomic E-state index is 0.00801. The molecule has 0 aromatic heterocycles. The number of hydrogen-bond acceptors (Lipinski definition) is 15. The molecule has 0 radical (unpaired) electrons. The SMILES string of the molecule is CC(=O)O[C@H]1C(=O)[C@@]2(C)C([C@H](OCc3ccccc3)[C@]3(O)CC(OC(=O)[C@H](O)[C@@H](NC(=O)c4ccccc4)c4ccccc4)C(C)=C1C3(C)C)[C@]1(OC(C)=O)CO[C@@H]1C[C@@H]2OCOCCO. The van der Waals surface area contributed by atoms with Crippen molar-refractivity contribution in [3.05, 3.63) is 119 Å². The molecular weight excluding hydrogens is 855 g/mol. The number of Topliss-reactive ketones (excluding diaryl/α,β-unsaturated/α-hetero) is 1. The summed E-state index contributed by atoms with van der Waals surface area (Å²) in [4.78, 5) is 70.4. The van der Waals surface area contributed by atoms with Crippen LogP contribution >= 0.6 is 0 Å². The number of ketones is 1. The summed E-state index contributed by atoms with van der Waals surface area (Å²) in [5, 5.41) is 38.1. The van der Waals surface area contributed by atoms with Crippen LogP contribution in [0.15, 0.2) is 102 Å². The Bertz CT molecular complexity index is 2290. The highest BCUT2D eigenvalue weighted by atomic mass is 16.7. The van der Waals surface area contributed by atoms with E-state index in [-0.39, 0.29) is 62.8 Å². The van der Waals surface area contributed by atoms with E-state index in [1.165, 1.54) is 6.92 Å². The highest BCUT2D eigenvalue weighted by molar-refractivity contribution is 5.96. The van der Waals surface area contributed by atoms with Crippen LogP contribution in [0.5, 0.6) is 0 Å². The maximum atomic E-state index is 16.0. The molecule has 1 saturated heterocycles. The van der Waals surface area contributed by atoms with E-state index in [9.17, 15) is 34.5 Å². The van der Waals surface area contributed by atoms with Gasteiger partial charge in [-0.05, 0) is 48.3 Å². The van der Waals surface area contributed by atoms with Crippen molar-refractivity contribution in [2.24, 2.45) is 16.7 Å². The van der Waals surface area contributed by atoms with E-state index in [0.717, 1.165) is 6.92 Å². The van der Waals surface area contributed by atoms with Gasteiger partial charge in [0, 0.05) is 43.6 Å². The molecule has 66 heavy (non-hydrogen) atoms. The van der Waals surface area contributed by atoms with Crippen LogP contribution in [0, 0.1) is 16.7 Å². The fourth-order valence-electron chi connectivity index (χ4n) is 10.7. The predicted molar refractivity (Wildman–Crippen MR) is 234 cm³/mol. The van der Waals surface area contributed by atoms with Crippen molar-refractivity contribution in [2.45, 2.75) is 115 Å². The van der Waals surface area contributed by atoms with Crippen molar-refractivity contribution < 1.29 is 72.5 Å². The molecule has 11 atom stereocenters. The number of nitrogens with one attached hydrogen (secondary N) is 1. The van der Waals surface area contributed by atoms with Crippen molar-refractivity contribution >= 4 is 29.6 Å². The zero-order valence-electron chi connectivity index (χ0n) is 38.0. The van der Waals surface area contributed by atoms with Crippen LogP contribution in [0.1, 0.15) is 81.9 Å². The number of carbonyl (C=O) groups excluding carboxylic acids is 5. The lowest BCUT2D eigenvalue weighted by molar-refractivity contribution is -0.357. The third-order valence-corrected chi connectivity index (χ3v) is 14.1. The van der Waals surface area contributed by atoms with Gasteiger partial charge in [-0.25, -0.2) is 4.79 Å². The van der Waals surface area contributed by atoms with Gasteiger partial charge in [0.15, 0.2) is 23.6 Å². The van der Waals surface area contributed by atoms with Gasteiger partial charge in [-0.1, -0.05) is 92.7 Å². The maximum absolute atomic E-state index is 16.0. The number of amides is 1. The van der Waals surface area contributed by atoms with Crippen LogP contribution in [0.25, 0.3) is 0 Å². The average molecular weight is 914 g/mol. The molecule has 2 saturated carbocycles. The van der Waals surface area contributed by atoms with E-state index in [0.29, 0.717) is 11.1 Å². The van der Waals surface area contributed by atoms with Crippen molar-refractivity contribution in [3.63, 3.8) is 0 Å². The van der Waals surface area contributed by atoms with Crippen molar-refractivity contribution in [1.82, 2.24) is 5.32 Å². The number of fused-ring (bicyclic) bond motifs is 5. The molecule has 16 heteroatoms. The topological polar surface area (TPSA) is 223 Å². The Morgan fingerprint density at radius 1 is 0.879 bits per heavy atom. The number of esters is 3. The summed E-state index contributed by atoms with van der Waals surface area (Å²) in [7, 11) is 0. The summed E-state index contributed by atoms with van der Waals surface area (Å²) in [5.41, 5.74) is -5.33. The zero-order chi connectivity index (χ0) is 47.6. The molecule has 1 amide bonds. The van der Waals surface area contributed by atoms with Crippen LogP contribution in [0.4, 0.5) is 0 Å². The highest BCUT2D eigenvalue weighted by Gasteiger charge is 2.78. The molecule has 0 spiro atoms. The minimum Gasteiger partial charge on any atom is -0.456 e. The van der Waals surface area contributed by atoms with Crippen LogP contribution in [-0.2, 0) is 58.9 Å². The van der Waals surface area contributed by atoms with E-state index in [1.807, 2.05) is 30.3 Å².